The molecule has 15 heavy (non-hydrogen) atoms. The Hall–Kier alpha value is -0.825. The topological polar surface area (TPSA) is 91.0 Å². The van der Waals surface area contributed by atoms with Gasteiger partial charge in [0, 0.05) is 6.42 Å². The number of aliphatic carboxylic acids is 1. The van der Waals surface area contributed by atoms with Crippen LogP contribution < -0.4 is 11.5 Å². The summed E-state index contributed by atoms with van der Waals surface area (Å²) in [5, 5.41) is 8.39. The number of carboxylic acid groups (broad SMARTS) is 1. The molecule has 92 valence electrons. The standard InChI is InChI=1S/C6H14N2O2.BF4/c7-4-2-1-3-5(8)6(9)10;2-1(3,4)5/h5H,1-4,7-8H2,(H,9,10);/q;-1/p+1/t5-;/m0./s1. The van der Waals surface area contributed by atoms with E-state index in [1.54, 1.807) is 0 Å². The zero-order valence-corrected chi connectivity index (χ0v) is 8.13. The molecule has 0 amide bonds. The van der Waals surface area contributed by atoms with Gasteiger partial charge in [-0.1, -0.05) is 0 Å². The molecule has 0 aliphatic carbocycles. The molecular weight excluding hydrogens is 219 g/mol. The molecule has 0 aromatic carbocycles. The molecule has 6 N–H and O–H groups in total. The molecular formula is C6H15BF4N2O2. The second-order valence-corrected chi connectivity index (χ2v) is 2.81. The van der Waals surface area contributed by atoms with Gasteiger partial charge in [-0.05, 0) is 19.4 Å². The van der Waals surface area contributed by atoms with Gasteiger partial charge < -0.3 is 33.8 Å². The van der Waals surface area contributed by atoms with E-state index in [1.807, 2.05) is 0 Å². The average molecular weight is 234 g/mol. The van der Waals surface area contributed by atoms with Gasteiger partial charge in [0.15, 0.2) is 6.04 Å². The lowest BCUT2D eigenvalue weighted by molar-refractivity contribution is -0.409. The van der Waals surface area contributed by atoms with Gasteiger partial charge in [0.25, 0.3) is 0 Å². The van der Waals surface area contributed by atoms with E-state index in [4.69, 9.17) is 10.8 Å². The minimum absolute atomic E-state index is 0.466. The lowest BCUT2D eigenvalue weighted by Crippen LogP contribution is -2.64. The Morgan fingerprint density at radius 3 is 2.00 bits per heavy atom. The molecule has 0 unspecified atom stereocenters. The maximum absolute atomic E-state index is 10.2. The molecule has 4 nitrogen and oxygen atoms in total. The van der Waals surface area contributed by atoms with Crippen molar-refractivity contribution in [1.82, 2.24) is 0 Å². The highest BCUT2D eigenvalue weighted by molar-refractivity contribution is 6.50. The monoisotopic (exact) mass is 234 g/mol. The van der Waals surface area contributed by atoms with E-state index in [0.717, 1.165) is 12.8 Å². The number of nitrogens with two attached hydrogens (primary N) is 1. The molecule has 0 bridgehead atoms. The lowest BCUT2D eigenvalue weighted by atomic mass is 10.1. The first-order valence-electron chi connectivity index (χ1n) is 4.31. The number of unbranched alkanes of at least 4 members (excludes halogenated alkanes) is 1. The summed E-state index contributed by atoms with van der Waals surface area (Å²) >= 11 is 0. The van der Waals surface area contributed by atoms with Gasteiger partial charge in [-0.15, -0.1) is 0 Å². The smallest absolute Gasteiger partial charge is 0.477 e. The second kappa shape index (κ2) is 8.48. The number of rotatable bonds is 5. The minimum Gasteiger partial charge on any atom is -0.477 e. The fourth-order valence-corrected chi connectivity index (χ4v) is 0.659. The molecule has 0 aliphatic rings. The zero-order chi connectivity index (χ0) is 12.5. The van der Waals surface area contributed by atoms with Crippen molar-refractivity contribution in [3.63, 3.8) is 0 Å². The van der Waals surface area contributed by atoms with E-state index >= 15 is 0 Å². The Kier molecular flexibility index (Phi) is 9.38. The maximum Gasteiger partial charge on any atom is 0.673 e. The van der Waals surface area contributed by atoms with Gasteiger partial charge in [-0.25, -0.2) is 4.79 Å². The Morgan fingerprint density at radius 1 is 1.33 bits per heavy atom. The molecule has 1 atom stereocenters. The Labute approximate surface area is 84.7 Å². The number of carboxylic acids is 1. The van der Waals surface area contributed by atoms with Crippen molar-refractivity contribution >= 4 is 13.2 Å². The van der Waals surface area contributed by atoms with Gasteiger partial charge in [-0.2, -0.15) is 0 Å². The van der Waals surface area contributed by atoms with Crippen LogP contribution in [0.4, 0.5) is 17.3 Å². The fourth-order valence-electron chi connectivity index (χ4n) is 0.659. The van der Waals surface area contributed by atoms with Crippen molar-refractivity contribution in [3.05, 3.63) is 0 Å². The Bertz CT molecular complexity index is 173. The van der Waals surface area contributed by atoms with Crippen molar-refractivity contribution in [2.45, 2.75) is 25.3 Å². The van der Waals surface area contributed by atoms with E-state index in [0.29, 0.717) is 13.0 Å². The van der Waals surface area contributed by atoms with Crippen molar-refractivity contribution in [2.24, 2.45) is 5.73 Å². The van der Waals surface area contributed by atoms with E-state index in [-0.39, 0.29) is 0 Å². The van der Waals surface area contributed by atoms with Gasteiger partial charge in [-0.3, -0.25) is 0 Å². The highest BCUT2D eigenvalue weighted by Crippen LogP contribution is 2.06. The molecule has 0 aliphatic heterocycles. The summed E-state index contributed by atoms with van der Waals surface area (Å²) in [7, 11) is -6.00. The third kappa shape index (κ3) is 24.6. The summed E-state index contributed by atoms with van der Waals surface area (Å²) in [5.74, 6) is -0.822. The number of hydrogen-bond acceptors (Lipinski definition) is 2. The highest BCUT2D eigenvalue weighted by atomic mass is 19.5. The minimum atomic E-state index is -6.00. The van der Waals surface area contributed by atoms with Gasteiger partial charge in [0.05, 0.1) is 0 Å². The molecule has 0 fully saturated rings. The quantitative estimate of drug-likeness (QED) is 0.358. The van der Waals surface area contributed by atoms with E-state index in [1.165, 1.54) is 0 Å². The summed E-state index contributed by atoms with van der Waals surface area (Å²) in [5.41, 5.74) is 8.69. The first-order valence-corrected chi connectivity index (χ1v) is 4.31. The first kappa shape index (κ1) is 16.6. The van der Waals surface area contributed by atoms with Crippen LogP contribution in [0.15, 0.2) is 0 Å². The number of quaternary nitrogens is 1. The molecule has 0 aromatic heterocycles. The average Bonchev–Trinajstić information content (AvgIpc) is 2.01. The normalized spacial score (nSPS) is 12.7. The first-order chi connectivity index (χ1) is 6.68. The second-order valence-electron chi connectivity index (χ2n) is 2.81. The fraction of sp³-hybridized carbons (Fsp3) is 0.833. The Balaban J connectivity index is 0. The van der Waals surface area contributed by atoms with E-state index in [9.17, 15) is 22.1 Å². The van der Waals surface area contributed by atoms with Crippen LogP contribution in [0.3, 0.4) is 0 Å². The van der Waals surface area contributed by atoms with Crippen molar-refractivity contribution < 1.29 is 32.9 Å². The van der Waals surface area contributed by atoms with Gasteiger partial charge in [0.2, 0.25) is 0 Å². The summed E-state index contributed by atoms with van der Waals surface area (Å²) in [6.07, 6.45) is 2.38. The van der Waals surface area contributed by atoms with E-state index < -0.39 is 19.3 Å². The number of halogens is 4. The van der Waals surface area contributed by atoms with Crippen molar-refractivity contribution in [3.8, 4) is 0 Å². The van der Waals surface area contributed by atoms with E-state index in [2.05, 4.69) is 5.73 Å². The molecule has 0 saturated heterocycles. The molecule has 0 rings (SSSR count). The largest absolute Gasteiger partial charge is 0.673 e. The molecule has 9 heteroatoms. The number of carbonyl (C=O) groups is 1. The SMILES string of the molecule is F[B-](F)(F)F.NCCCC[C@H]([NH3+])C(=O)O. The van der Waals surface area contributed by atoms with Gasteiger partial charge >= 0.3 is 13.2 Å². The van der Waals surface area contributed by atoms with Crippen LogP contribution in [0.1, 0.15) is 19.3 Å². The molecule has 0 aromatic rings. The zero-order valence-electron chi connectivity index (χ0n) is 8.13. The van der Waals surface area contributed by atoms with Crippen LogP contribution >= 0.6 is 0 Å². The van der Waals surface area contributed by atoms with Crippen LogP contribution in [-0.4, -0.2) is 30.9 Å². The Morgan fingerprint density at radius 2 is 1.73 bits per heavy atom. The maximum atomic E-state index is 10.2. The molecule has 0 spiro atoms. The van der Waals surface area contributed by atoms with Crippen LogP contribution in [0.2, 0.25) is 0 Å². The summed E-state index contributed by atoms with van der Waals surface area (Å²) < 4.78 is 39.0. The highest BCUT2D eigenvalue weighted by Gasteiger charge is 2.20. The molecule has 0 saturated carbocycles. The lowest BCUT2D eigenvalue weighted by Gasteiger charge is -2.00. The van der Waals surface area contributed by atoms with Crippen LogP contribution in [0, 0.1) is 0 Å². The number of hydrogen-bond donors (Lipinski definition) is 3. The molecule has 0 heterocycles. The third-order valence-electron chi connectivity index (χ3n) is 1.36. The predicted octanol–water partition coefficient (Wildman–Crippen LogP) is 0.111. The van der Waals surface area contributed by atoms with Crippen LogP contribution in [-0.2, 0) is 4.79 Å². The van der Waals surface area contributed by atoms with Crippen molar-refractivity contribution in [2.75, 3.05) is 6.54 Å². The summed E-state index contributed by atoms with van der Waals surface area (Å²) in [6.45, 7) is 0.631. The summed E-state index contributed by atoms with van der Waals surface area (Å²) in [6, 6.07) is -0.466. The van der Waals surface area contributed by atoms with Crippen molar-refractivity contribution in [1.29, 1.82) is 0 Å². The van der Waals surface area contributed by atoms with Crippen LogP contribution in [0.5, 0.6) is 0 Å². The molecule has 0 radical (unpaired) electrons. The van der Waals surface area contributed by atoms with Crippen LogP contribution in [0.25, 0.3) is 0 Å². The third-order valence-corrected chi connectivity index (χ3v) is 1.36. The summed E-state index contributed by atoms with van der Waals surface area (Å²) in [4.78, 5) is 10.2. The predicted molar refractivity (Wildman–Crippen MR) is 47.4 cm³/mol. The van der Waals surface area contributed by atoms with Gasteiger partial charge in [0.1, 0.15) is 0 Å².